The van der Waals surface area contributed by atoms with E-state index in [0.717, 1.165) is 55.0 Å². The maximum Gasteiger partial charge on any atom is 0.0999 e. The molecule has 0 spiro atoms. The van der Waals surface area contributed by atoms with Crippen LogP contribution in [-0.4, -0.2) is 40.8 Å². The Morgan fingerprint density at radius 3 is 2.73 bits per heavy atom. The Balaban J connectivity index is 1.72. The molecule has 6 nitrogen and oxygen atoms in total. The van der Waals surface area contributed by atoms with Crippen molar-refractivity contribution in [3.05, 3.63) is 47.2 Å². The number of nitrogens with zero attached hydrogens (tertiary/aromatic N) is 4. The number of hydrogen-bond donors (Lipinski definition) is 0. The highest BCUT2D eigenvalue weighted by Crippen LogP contribution is 2.38. The van der Waals surface area contributed by atoms with Gasteiger partial charge in [0.15, 0.2) is 0 Å². The number of imidazole rings is 1. The van der Waals surface area contributed by atoms with E-state index in [1.165, 1.54) is 0 Å². The van der Waals surface area contributed by atoms with Crippen LogP contribution >= 0.6 is 0 Å². The lowest BCUT2D eigenvalue weighted by Gasteiger charge is -2.43. The number of benzene rings is 1. The number of para-hydroxylation sites is 2. The van der Waals surface area contributed by atoms with E-state index < -0.39 is 0 Å². The Bertz CT molecular complexity index is 679. The van der Waals surface area contributed by atoms with Gasteiger partial charge in [0.2, 0.25) is 0 Å². The molecule has 0 bridgehead atoms. The first-order chi connectivity index (χ1) is 10.8. The van der Waals surface area contributed by atoms with Crippen LogP contribution < -0.4 is 5.06 Å². The van der Waals surface area contributed by atoms with Crippen LogP contribution in [-0.2, 0) is 11.3 Å². The molecular formula is C16H19N4O2-. The number of anilines is 1. The zero-order valence-corrected chi connectivity index (χ0v) is 12.6. The molecule has 3 heterocycles. The van der Waals surface area contributed by atoms with Crippen molar-refractivity contribution < 1.29 is 4.74 Å². The van der Waals surface area contributed by atoms with Gasteiger partial charge in [0.25, 0.3) is 0 Å². The van der Waals surface area contributed by atoms with Crippen LogP contribution in [0.3, 0.4) is 0 Å². The maximum atomic E-state index is 12.6. The molecule has 0 N–H and O–H groups in total. The van der Waals surface area contributed by atoms with Crippen LogP contribution in [0.2, 0.25) is 0 Å². The highest BCUT2D eigenvalue weighted by molar-refractivity contribution is 5.67. The lowest BCUT2D eigenvalue weighted by molar-refractivity contribution is 0.0335. The van der Waals surface area contributed by atoms with Gasteiger partial charge in [-0.3, -0.25) is 9.47 Å². The summed E-state index contributed by atoms with van der Waals surface area (Å²) in [6.07, 6.45) is 1.84. The van der Waals surface area contributed by atoms with Crippen LogP contribution in [0, 0.1) is 5.21 Å². The molecule has 1 aromatic carbocycles. The molecule has 0 saturated carbocycles. The van der Waals surface area contributed by atoms with E-state index in [1.54, 1.807) is 0 Å². The monoisotopic (exact) mass is 299 g/mol. The minimum absolute atomic E-state index is 0.228. The van der Waals surface area contributed by atoms with Crippen LogP contribution in [0.4, 0.5) is 5.69 Å². The van der Waals surface area contributed by atoms with E-state index in [-0.39, 0.29) is 6.04 Å². The van der Waals surface area contributed by atoms with Gasteiger partial charge in [-0.1, -0.05) is 12.1 Å². The summed E-state index contributed by atoms with van der Waals surface area (Å²) in [6, 6.07) is 7.45. The van der Waals surface area contributed by atoms with Gasteiger partial charge in [0.1, 0.15) is 0 Å². The second-order valence-electron chi connectivity index (χ2n) is 5.83. The van der Waals surface area contributed by atoms with Gasteiger partial charge in [-0.05, 0) is 19.1 Å². The number of hydroxylamine groups is 1. The molecule has 4 rings (SSSR count). The molecule has 1 unspecified atom stereocenters. The predicted molar refractivity (Wildman–Crippen MR) is 83.9 cm³/mol. The van der Waals surface area contributed by atoms with Gasteiger partial charge in [-0.15, -0.1) is 0 Å². The summed E-state index contributed by atoms with van der Waals surface area (Å²) >= 11 is 0. The molecule has 116 valence electrons. The fourth-order valence-electron chi connectivity index (χ4n) is 3.30. The molecule has 0 radical (unpaired) electrons. The number of rotatable bonds is 2. The quantitative estimate of drug-likeness (QED) is 0.850. The topological polar surface area (TPSA) is 56.6 Å². The van der Waals surface area contributed by atoms with Crippen LogP contribution in [0.5, 0.6) is 0 Å². The summed E-state index contributed by atoms with van der Waals surface area (Å²) in [5, 5.41) is 13.7. The minimum atomic E-state index is -0.228. The average Bonchev–Trinajstić information content (AvgIpc) is 2.97. The lowest BCUT2D eigenvalue weighted by atomic mass is 10.1. The Kier molecular flexibility index (Phi) is 3.37. The third-order valence-corrected chi connectivity index (χ3v) is 4.49. The smallest absolute Gasteiger partial charge is 0.0999 e. The van der Waals surface area contributed by atoms with Crippen molar-refractivity contribution in [1.29, 1.82) is 0 Å². The highest BCUT2D eigenvalue weighted by atomic mass is 16.5. The van der Waals surface area contributed by atoms with E-state index in [2.05, 4.69) is 14.5 Å². The molecule has 22 heavy (non-hydrogen) atoms. The fraction of sp³-hybridized carbons (Fsp3) is 0.438. The number of aromatic nitrogens is 2. The average molecular weight is 299 g/mol. The van der Waals surface area contributed by atoms with Crippen molar-refractivity contribution in [2.45, 2.75) is 19.5 Å². The molecule has 1 atom stereocenters. The second kappa shape index (κ2) is 5.39. The SMILES string of the molecule is CC1c2c(CN3CCOCC3)ncn2-c2ccccc2N1[O-]. The first-order valence-corrected chi connectivity index (χ1v) is 7.67. The molecule has 1 aromatic heterocycles. The lowest BCUT2D eigenvalue weighted by Crippen LogP contribution is -2.36. The molecule has 2 aliphatic rings. The number of ether oxygens (including phenoxy) is 1. The summed E-state index contributed by atoms with van der Waals surface area (Å²) in [6.45, 7) is 6.08. The van der Waals surface area contributed by atoms with Crippen molar-refractivity contribution in [2.75, 3.05) is 31.4 Å². The van der Waals surface area contributed by atoms with E-state index in [1.807, 2.05) is 37.5 Å². The number of hydrogen-bond acceptors (Lipinski definition) is 5. The summed E-state index contributed by atoms with van der Waals surface area (Å²) in [7, 11) is 0. The number of morpholine rings is 1. The third kappa shape index (κ3) is 2.11. The normalized spacial score (nSPS) is 21.5. The minimum Gasteiger partial charge on any atom is -0.758 e. The molecule has 6 heteroatoms. The van der Waals surface area contributed by atoms with Gasteiger partial charge in [-0.25, -0.2) is 4.98 Å². The zero-order valence-electron chi connectivity index (χ0n) is 12.6. The Morgan fingerprint density at radius 2 is 1.95 bits per heavy atom. The highest BCUT2D eigenvalue weighted by Gasteiger charge is 2.27. The van der Waals surface area contributed by atoms with Crippen molar-refractivity contribution in [1.82, 2.24) is 14.5 Å². The first-order valence-electron chi connectivity index (χ1n) is 7.67. The maximum absolute atomic E-state index is 12.6. The fourth-order valence-corrected chi connectivity index (χ4v) is 3.30. The summed E-state index contributed by atoms with van der Waals surface area (Å²) in [5.41, 5.74) is 3.61. The Labute approximate surface area is 129 Å². The van der Waals surface area contributed by atoms with Crippen molar-refractivity contribution in [3.63, 3.8) is 0 Å². The molecule has 2 aromatic rings. The largest absolute Gasteiger partial charge is 0.758 e. The predicted octanol–water partition coefficient (Wildman–Crippen LogP) is 2.08. The van der Waals surface area contributed by atoms with Gasteiger partial charge in [0, 0.05) is 19.6 Å². The van der Waals surface area contributed by atoms with Crippen LogP contribution in [0.15, 0.2) is 30.6 Å². The first kappa shape index (κ1) is 13.8. The van der Waals surface area contributed by atoms with Gasteiger partial charge in [-0.2, -0.15) is 0 Å². The van der Waals surface area contributed by atoms with Gasteiger partial charge < -0.3 is 15.0 Å². The van der Waals surface area contributed by atoms with Crippen molar-refractivity contribution in [2.24, 2.45) is 0 Å². The van der Waals surface area contributed by atoms with E-state index >= 15 is 0 Å². The second-order valence-corrected chi connectivity index (χ2v) is 5.83. The van der Waals surface area contributed by atoms with Crippen molar-refractivity contribution in [3.8, 4) is 5.69 Å². The van der Waals surface area contributed by atoms with Gasteiger partial charge in [0.05, 0.1) is 48.3 Å². The summed E-state index contributed by atoms with van der Waals surface area (Å²) in [4.78, 5) is 6.92. The standard InChI is InChI=1S/C16H19N4O2/c1-12-16-13(10-18-6-8-22-9-7-18)17-11-19(16)14-4-2-3-5-15(14)20(12)21/h2-5,11-12H,6-10H2,1H3/q-1. The molecule has 1 fully saturated rings. The van der Waals surface area contributed by atoms with Gasteiger partial charge >= 0.3 is 0 Å². The summed E-state index contributed by atoms with van der Waals surface area (Å²) < 4.78 is 7.45. The van der Waals surface area contributed by atoms with E-state index in [4.69, 9.17) is 4.74 Å². The third-order valence-electron chi connectivity index (χ3n) is 4.49. The number of fused-ring (bicyclic) bond motifs is 3. The molecule has 0 amide bonds. The van der Waals surface area contributed by atoms with Crippen LogP contribution in [0.1, 0.15) is 24.4 Å². The van der Waals surface area contributed by atoms with E-state index in [0.29, 0.717) is 5.69 Å². The molecule has 2 aliphatic heterocycles. The van der Waals surface area contributed by atoms with Crippen molar-refractivity contribution >= 4 is 5.69 Å². The van der Waals surface area contributed by atoms with E-state index in [9.17, 15) is 5.21 Å². The molecular weight excluding hydrogens is 280 g/mol. The Morgan fingerprint density at radius 1 is 1.23 bits per heavy atom. The summed E-state index contributed by atoms with van der Waals surface area (Å²) in [5.74, 6) is 0. The zero-order chi connectivity index (χ0) is 15.1. The Hall–Kier alpha value is -1.89. The molecule has 1 saturated heterocycles. The van der Waals surface area contributed by atoms with Crippen LogP contribution in [0.25, 0.3) is 5.69 Å². The molecule has 0 aliphatic carbocycles.